The Morgan fingerprint density at radius 3 is 2.64 bits per heavy atom. The minimum absolute atomic E-state index is 0.0416. The zero-order chi connectivity index (χ0) is 16.2. The normalized spacial score (nSPS) is 15.9. The van der Waals surface area contributed by atoms with Gasteiger partial charge in [-0.2, -0.15) is 5.26 Å². The highest BCUT2D eigenvalue weighted by atomic mass is 35.5. The van der Waals surface area contributed by atoms with E-state index in [1.165, 1.54) is 18.2 Å². The van der Waals surface area contributed by atoms with Crippen LogP contribution in [0.4, 0.5) is 5.69 Å². The lowest BCUT2D eigenvalue weighted by Crippen LogP contribution is -2.44. The second kappa shape index (κ2) is 6.77. The van der Waals surface area contributed by atoms with Gasteiger partial charge in [-0.1, -0.05) is 24.4 Å². The van der Waals surface area contributed by atoms with Crippen molar-refractivity contribution in [1.29, 1.82) is 5.26 Å². The number of aliphatic hydroxyl groups is 1. The fourth-order valence-electron chi connectivity index (χ4n) is 2.43. The maximum Gasteiger partial charge on any atom is 0.313 e. The number of halogens is 1. The van der Waals surface area contributed by atoms with E-state index in [1.54, 1.807) is 0 Å². The largest absolute Gasteiger partial charge is 0.388 e. The van der Waals surface area contributed by atoms with Gasteiger partial charge in [0.05, 0.1) is 16.9 Å². The second-order valence-electron chi connectivity index (χ2n) is 5.37. The van der Waals surface area contributed by atoms with E-state index in [1.807, 2.05) is 6.07 Å². The van der Waals surface area contributed by atoms with Crippen LogP contribution < -0.4 is 10.6 Å². The first-order valence-corrected chi connectivity index (χ1v) is 7.32. The third-order valence-corrected chi connectivity index (χ3v) is 3.90. The minimum Gasteiger partial charge on any atom is -0.388 e. The number of carbonyl (C=O) groups excluding carboxylic acids is 2. The molecule has 1 aromatic carbocycles. The second-order valence-corrected chi connectivity index (χ2v) is 5.81. The summed E-state index contributed by atoms with van der Waals surface area (Å²) in [4.78, 5) is 23.6. The molecule has 0 atom stereocenters. The van der Waals surface area contributed by atoms with Crippen molar-refractivity contribution in [3.05, 3.63) is 28.8 Å². The minimum atomic E-state index is -0.927. The van der Waals surface area contributed by atoms with Crippen LogP contribution in [0.1, 0.15) is 31.2 Å². The van der Waals surface area contributed by atoms with Gasteiger partial charge in [0.2, 0.25) is 0 Å². The van der Waals surface area contributed by atoms with Gasteiger partial charge in [0.1, 0.15) is 6.07 Å². The van der Waals surface area contributed by atoms with E-state index in [-0.39, 0.29) is 17.8 Å². The third kappa shape index (κ3) is 3.97. The maximum absolute atomic E-state index is 11.8. The van der Waals surface area contributed by atoms with Gasteiger partial charge in [0, 0.05) is 11.6 Å². The number of amides is 2. The summed E-state index contributed by atoms with van der Waals surface area (Å²) in [6.45, 7) is 0.0416. The fraction of sp³-hybridized carbons (Fsp3) is 0.400. The van der Waals surface area contributed by atoms with Gasteiger partial charge in [-0.25, -0.2) is 0 Å². The highest BCUT2D eigenvalue weighted by Gasteiger charge is 2.32. The number of carbonyl (C=O) groups is 2. The summed E-state index contributed by atoms with van der Waals surface area (Å²) >= 11 is 5.81. The van der Waals surface area contributed by atoms with E-state index in [0.717, 1.165) is 12.8 Å². The number of hydrogen-bond acceptors (Lipinski definition) is 4. The lowest BCUT2D eigenvalue weighted by molar-refractivity contribution is -0.136. The van der Waals surface area contributed by atoms with E-state index in [4.69, 9.17) is 16.9 Å². The van der Waals surface area contributed by atoms with Crippen molar-refractivity contribution in [2.45, 2.75) is 31.3 Å². The van der Waals surface area contributed by atoms with Crippen LogP contribution in [0.25, 0.3) is 0 Å². The molecule has 6 nitrogen and oxygen atoms in total. The van der Waals surface area contributed by atoms with E-state index >= 15 is 0 Å². The molecule has 0 saturated heterocycles. The monoisotopic (exact) mass is 321 g/mol. The SMILES string of the molecule is N#Cc1ccc(Cl)cc1NC(=O)C(=O)NCC1(O)CCCC1. The van der Waals surface area contributed by atoms with Crippen LogP contribution in [-0.2, 0) is 9.59 Å². The number of nitriles is 1. The van der Waals surface area contributed by atoms with Crippen molar-refractivity contribution in [2.24, 2.45) is 0 Å². The molecule has 1 saturated carbocycles. The van der Waals surface area contributed by atoms with Crippen LogP contribution in [0.5, 0.6) is 0 Å². The Balaban J connectivity index is 1.96. The predicted molar refractivity (Wildman–Crippen MR) is 81.2 cm³/mol. The van der Waals surface area contributed by atoms with Gasteiger partial charge in [-0.15, -0.1) is 0 Å². The molecule has 0 bridgehead atoms. The molecule has 0 radical (unpaired) electrons. The first-order valence-electron chi connectivity index (χ1n) is 6.95. The van der Waals surface area contributed by atoms with E-state index < -0.39 is 17.4 Å². The molecule has 1 fully saturated rings. The molecule has 0 aromatic heterocycles. The number of nitrogens with zero attached hydrogens (tertiary/aromatic N) is 1. The van der Waals surface area contributed by atoms with Gasteiger partial charge in [0.25, 0.3) is 0 Å². The van der Waals surface area contributed by atoms with Crippen LogP contribution in [-0.4, -0.2) is 29.1 Å². The maximum atomic E-state index is 11.8. The molecule has 0 heterocycles. The summed E-state index contributed by atoms with van der Waals surface area (Å²) in [7, 11) is 0. The first kappa shape index (κ1) is 16.3. The van der Waals surface area contributed by atoms with Crippen molar-refractivity contribution < 1.29 is 14.7 Å². The van der Waals surface area contributed by atoms with Gasteiger partial charge in [-0.3, -0.25) is 9.59 Å². The molecule has 7 heteroatoms. The number of rotatable bonds is 3. The van der Waals surface area contributed by atoms with E-state index in [0.29, 0.717) is 17.9 Å². The number of benzene rings is 1. The quantitative estimate of drug-likeness (QED) is 0.735. The smallest absolute Gasteiger partial charge is 0.313 e. The van der Waals surface area contributed by atoms with Crippen LogP contribution in [0.2, 0.25) is 5.02 Å². The molecular weight excluding hydrogens is 306 g/mol. The Kier molecular flexibility index (Phi) is 5.01. The molecule has 0 spiro atoms. The molecule has 0 aliphatic heterocycles. The average molecular weight is 322 g/mol. The molecule has 2 amide bonds. The zero-order valence-corrected chi connectivity index (χ0v) is 12.6. The Morgan fingerprint density at radius 2 is 2.00 bits per heavy atom. The lowest BCUT2D eigenvalue weighted by Gasteiger charge is -2.22. The molecule has 3 N–H and O–H groups in total. The van der Waals surface area contributed by atoms with Gasteiger partial charge in [0.15, 0.2) is 0 Å². The van der Waals surface area contributed by atoms with Crippen LogP contribution in [0, 0.1) is 11.3 Å². The summed E-state index contributed by atoms with van der Waals surface area (Å²) in [6.07, 6.45) is 3.04. The standard InChI is InChI=1S/C15H16ClN3O3/c16-11-4-3-10(8-17)12(7-11)19-14(21)13(20)18-9-15(22)5-1-2-6-15/h3-4,7,22H,1-2,5-6,9H2,(H,18,20)(H,19,21). The Bertz CT molecular complexity index is 633. The highest BCUT2D eigenvalue weighted by Crippen LogP contribution is 2.28. The average Bonchev–Trinajstić information content (AvgIpc) is 2.92. The van der Waals surface area contributed by atoms with Gasteiger partial charge in [-0.05, 0) is 31.0 Å². The molecule has 1 aliphatic rings. The summed E-state index contributed by atoms with van der Waals surface area (Å²) in [5.74, 6) is -1.76. The summed E-state index contributed by atoms with van der Waals surface area (Å²) in [6, 6.07) is 6.28. The summed E-state index contributed by atoms with van der Waals surface area (Å²) < 4.78 is 0. The van der Waals surface area contributed by atoms with Crippen molar-refractivity contribution in [3.63, 3.8) is 0 Å². The van der Waals surface area contributed by atoms with Crippen molar-refractivity contribution in [3.8, 4) is 6.07 Å². The molecule has 1 aromatic rings. The van der Waals surface area contributed by atoms with Crippen LogP contribution >= 0.6 is 11.6 Å². The van der Waals surface area contributed by atoms with E-state index in [9.17, 15) is 14.7 Å². The zero-order valence-electron chi connectivity index (χ0n) is 11.9. The summed E-state index contributed by atoms with van der Waals surface area (Å²) in [5.41, 5.74) is -0.543. The topological polar surface area (TPSA) is 102 Å². The molecular formula is C15H16ClN3O3. The molecule has 0 unspecified atom stereocenters. The van der Waals surface area contributed by atoms with Gasteiger partial charge >= 0.3 is 11.8 Å². The van der Waals surface area contributed by atoms with Crippen molar-refractivity contribution >= 4 is 29.1 Å². The van der Waals surface area contributed by atoms with E-state index in [2.05, 4.69) is 10.6 Å². The molecule has 116 valence electrons. The Hall–Kier alpha value is -2.10. The van der Waals surface area contributed by atoms with Crippen LogP contribution in [0.3, 0.4) is 0 Å². The number of hydrogen-bond donors (Lipinski definition) is 3. The summed E-state index contributed by atoms with van der Waals surface area (Å²) in [5, 5.41) is 24.2. The number of nitrogens with one attached hydrogen (secondary N) is 2. The van der Waals surface area contributed by atoms with Gasteiger partial charge < -0.3 is 15.7 Å². The fourth-order valence-corrected chi connectivity index (χ4v) is 2.60. The lowest BCUT2D eigenvalue weighted by atomic mass is 10.0. The Labute approximate surface area is 133 Å². The first-order chi connectivity index (χ1) is 10.4. The Morgan fingerprint density at radius 1 is 1.32 bits per heavy atom. The number of anilines is 1. The van der Waals surface area contributed by atoms with Crippen LogP contribution in [0.15, 0.2) is 18.2 Å². The predicted octanol–water partition coefficient (Wildman–Crippen LogP) is 1.57. The third-order valence-electron chi connectivity index (χ3n) is 3.67. The molecule has 1 aliphatic carbocycles. The highest BCUT2D eigenvalue weighted by molar-refractivity contribution is 6.40. The molecule has 22 heavy (non-hydrogen) atoms. The van der Waals surface area contributed by atoms with Crippen molar-refractivity contribution in [2.75, 3.05) is 11.9 Å². The van der Waals surface area contributed by atoms with Crippen molar-refractivity contribution in [1.82, 2.24) is 5.32 Å². The molecule has 2 rings (SSSR count).